The Bertz CT molecular complexity index is 285. The maximum absolute atomic E-state index is 3.58. The lowest BCUT2D eigenvalue weighted by atomic mass is 9.92. The van der Waals surface area contributed by atoms with Gasteiger partial charge in [0.25, 0.3) is 0 Å². The van der Waals surface area contributed by atoms with Crippen LogP contribution in [-0.2, 0) is 6.42 Å². The molecule has 0 radical (unpaired) electrons. The molecule has 0 bridgehead atoms. The molecule has 0 saturated heterocycles. The van der Waals surface area contributed by atoms with Crippen molar-refractivity contribution in [3.8, 4) is 0 Å². The van der Waals surface area contributed by atoms with Crippen molar-refractivity contribution in [3.63, 3.8) is 0 Å². The predicted octanol–water partition coefficient (Wildman–Crippen LogP) is 3.10. The number of nitrogens with one attached hydrogen (secondary N) is 1. The Labute approximate surface area is 92.3 Å². The molecule has 0 saturated carbocycles. The molecule has 1 aliphatic rings. The Balaban J connectivity index is 0.000000980. The van der Waals surface area contributed by atoms with Crippen molar-refractivity contribution in [2.45, 2.75) is 32.2 Å². The van der Waals surface area contributed by atoms with Gasteiger partial charge in [-0.15, -0.1) is 12.4 Å². The van der Waals surface area contributed by atoms with Crippen LogP contribution in [-0.4, -0.2) is 6.54 Å². The van der Waals surface area contributed by atoms with Gasteiger partial charge in [-0.05, 0) is 30.5 Å². The van der Waals surface area contributed by atoms with E-state index in [2.05, 4.69) is 36.5 Å². The minimum atomic E-state index is 0. The highest BCUT2D eigenvalue weighted by Gasteiger charge is 2.17. The van der Waals surface area contributed by atoms with Crippen LogP contribution in [0.2, 0.25) is 0 Å². The summed E-state index contributed by atoms with van der Waals surface area (Å²) < 4.78 is 0. The molecule has 0 fully saturated rings. The lowest BCUT2D eigenvalue weighted by Crippen LogP contribution is -2.29. The first-order chi connectivity index (χ1) is 6.42. The molecule has 2 heteroatoms. The van der Waals surface area contributed by atoms with Gasteiger partial charge in [0.05, 0.1) is 0 Å². The van der Waals surface area contributed by atoms with Gasteiger partial charge in [0.2, 0.25) is 0 Å². The van der Waals surface area contributed by atoms with Crippen LogP contribution in [0.15, 0.2) is 24.3 Å². The molecule has 1 N–H and O–H groups in total. The Morgan fingerprint density at radius 3 is 2.93 bits per heavy atom. The summed E-state index contributed by atoms with van der Waals surface area (Å²) in [5.74, 6) is 0. The quantitative estimate of drug-likeness (QED) is 0.793. The van der Waals surface area contributed by atoms with Crippen LogP contribution in [0.4, 0.5) is 0 Å². The van der Waals surface area contributed by atoms with Gasteiger partial charge >= 0.3 is 0 Å². The Morgan fingerprint density at radius 2 is 2.14 bits per heavy atom. The average Bonchev–Trinajstić information content (AvgIpc) is 2.19. The molecule has 2 rings (SSSR count). The van der Waals surface area contributed by atoms with Crippen LogP contribution in [0, 0.1) is 0 Å². The zero-order chi connectivity index (χ0) is 9.10. The normalized spacial score (nSPS) is 19.6. The van der Waals surface area contributed by atoms with E-state index in [9.17, 15) is 0 Å². The average molecular weight is 212 g/mol. The smallest absolute Gasteiger partial charge is 0.0323 e. The van der Waals surface area contributed by atoms with E-state index >= 15 is 0 Å². The van der Waals surface area contributed by atoms with Gasteiger partial charge in [-0.2, -0.15) is 0 Å². The van der Waals surface area contributed by atoms with Crippen LogP contribution in [0.3, 0.4) is 0 Å². The molecule has 78 valence electrons. The van der Waals surface area contributed by atoms with Crippen LogP contribution in [0.5, 0.6) is 0 Å². The largest absolute Gasteiger partial charge is 0.310 e. The zero-order valence-corrected chi connectivity index (χ0v) is 9.44. The van der Waals surface area contributed by atoms with E-state index in [4.69, 9.17) is 0 Å². The van der Waals surface area contributed by atoms with Crippen molar-refractivity contribution in [1.29, 1.82) is 0 Å². The van der Waals surface area contributed by atoms with Crippen LogP contribution < -0.4 is 5.32 Å². The second-order valence-electron chi connectivity index (χ2n) is 3.74. The van der Waals surface area contributed by atoms with E-state index in [1.54, 1.807) is 5.56 Å². The summed E-state index contributed by atoms with van der Waals surface area (Å²) in [4.78, 5) is 0. The maximum atomic E-state index is 3.58. The van der Waals surface area contributed by atoms with E-state index in [0.717, 1.165) is 6.54 Å². The fourth-order valence-electron chi connectivity index (χ4n) is 2.14. The molecule has 1 nitrogen and oxygen atoms in total. The fourth-order valence-corrected chi connectivity index (χ4v) is 2.14. The molecule has 1 aliphatic heterocycles. The SMILES string of the molecule is CCCC1NCCc2ccccc21.Cl. The highest BCUT2D eigenvalue weighted by atomic mass is 35.5. The van der Waals surface area contributed by atoms with E-state index in [1.165, 1.54) is 24.8 Å². The summed E-state index contributed by atoms with van der Waals surface area (Å²) in [6.45, 7) is 3.39. The van der Waals surface area contributed by atoms with E-state index < -0.39 is 0 Å². The molecule has 1 aromatic carbocycles. The highest BCUT2D eigenvalue weighted by Crippen LogP contribution is 2.25. The minimum Gasteiger partial charge on any atom is -0.310 e. The van der Waals surface area contributed by atoms with Crippen molar-refractivity contribution in [1.82, 2.24) is 5.32 Å². The molecule has 1 atom stereocenters. The third-order valence-corrected chi connectivity index (χ3v) is 2.79. The van der Waals surface area contributed by atoms with Gasteiger partial charge in [-0.3, -0.25) is 0 Å². The van der Waals surface area contributed by atoms with Gasteiger partial charge in [0.1, 0.15) is 0 Å². The Kier molecular flexibility index (Phi) is 4.43. The number of fused-ring (bicyclic) bond motifs is 1. The summed E-state index contributed by atoms with van der Waals surface area (Å²) in [5, 5.41) is 3.58. The molecule has 0 aliphatic carbocycles. The zero-order valence-electron chi connectivity index (χ0n) is 8.62. The summed E-state index contributed by atoms with van der Waals surface area (Å²) >= 11 is 0. The number of halogens is 1. The second-order valence-corrected chi connectivity index (χ2v) is 3.74. The maximum Gasteiger partial charge on any atom is 0.0323 e. The molecule has 0 amide bonds. The third-order valence-electron chi connectivity index (χ3n) is 2.79. The first kappa shape index (κ1) is 11.5. The van der Waals surface area contributed by atoms with Gasteiger partial charge in [-0.25, -0.2) is 0 Å². The summed E-state index contributed by atoms with van der Waals surface area (Å²) in [7, 11) is 0. The number of benzene rings is 1. The second kappa shape index (κ2) is 5.38. The summed E-state index contributed by atoms with van der Waals surface area (Å²) in [5.41, 5.74) is 3.07. The van der Waals surface area contributed by atoms with Crippen LogP contribution >= 0.6 is 12.4 Å². The topological polar surface area (TPSA) is 12.0 Å². The first-order valence-corrected chi connectivity index (χ1v) is 5.23. The lowest BCUT2D eigenvalue weighted by molar-refractivity contribution is 0.471. The summed E-state index contributed by atoms with van der Waals surface area (Å²) in [6, 6.07) is 9.43. The molecular weight excluding hydrogens is 194 g/mol. The molecular formula is C12H18ClN. The van der Waals surface area contributed by atoms with Crippen molar-refractivity contribution in [2.75, 3.05) is 6.54 Å². The number of hydrogen-bond donors (Lipinski definition) is 1. The van der Waals surface area contributed by atoms with Gasteiger partial charge in [0.15, 0.2) is 0 Å². The van der Waals surface area contributed by atoms with Crippen molar-refractivity contribution in [3.05, 3.63) is 35.4 Å². The Morgan fingerprint density at radius 1 is 1.36 bits per heavy atom. The first-order valence-electron chi connectivity index (χ1n) is 5.23. The van der Waals surface area contributed by atoms with Gasteiger partial charge < -0.3 is 5.32 Å². The van der Waals surface area contributed by atoms with Gasteiger partial charge in [-0.1, -0.05) is 37.6 Å². The van der Waals surface area contributed by atoms with Crippen molar-refractivity contribution in [2.24, 2.45) is 0 Å². The lowest BCUT2D eigenvalue weighted by Gasteiger charge is -2.26. The standard InChI is InChI=1S/C12H17N.ClH/c1-2-5-12-11-7-4-3-6-10(11)8-9-13-12;/h3-4,6-7,12-13H,2,5,8-9H2,1H3;1H. The fraction of sp³-hybridized carbons (Fsp3) is 0.500. The molecule has 0 aromatic heterocycles. The molecule has 1 aromatic rings. The number of hydrogen-bond acceptors (Lipinski definition) is 1. The van der Waals surface area contributed by atoms with E-state index in [-0.39, 0.29) is 12.4 Å². The molecule has 14 heavy (non-hydrogen) atoms. The predicted molar refractivity (Wildman–Crippen MR) is 63.0 cm³/mol. The Hall–Kier alpha value is -0.530. The molecule has 1 heterocycles. The number of rotatable bonds is 2. The summed E-state index contributed by atoms with van der Waals surface area (Å²) in [6.07, 6.45) is 3.71. The van der Waals surface area contributed by atoms with Crippen LogP contribution in [0.1, 0.15) is 36.9 Å². The van der Waals surface area contributed by atoms with Crippen molar-refractivity contribution < 1.29 is 0 Å². The van der Waals surface area contributed by atoms with E-state index in [1.807, 2.05) is 0 Å². The van der Waals surface area contributed by atoms with Crippen LogP contribution in [0.25, 0.3) is 0 Å². The molecule has 0 spiro atoms. The van der Waals surface area contributed by atoms with Gasteiger partial charge in [0, 0.05) is 6.04 Å². The monoisotopic (exact) mass is 211 g/mol. The molecule has 1 unspecified atom stereocenters. The van der Waals surface area contributed by atoms with Crippen molar-refractivity contribution >= 4 is 12.4 Å². The minimum absolute atomic E-state index is 0. The highest BCUT2D eigenvalue weighted by molar-refractivity contribution is 5.85. The van der Waals surface area contributed by atoms with E-state index in [0.29, 0.717) is 6.04 Å². The third kappa shape index (κ3) is 2.28.